The van der Waals surface area contributed by atoms with Crippen molar-refractivity contribution in [3.63, 3.8) is 0 Å². The van der Waals surface area contributed by atoms with E-state index in [1.165, 1.54) is 30.2 Å². The molecule has 4 rings (SSSR count). The maximum atomic E-state index is 9.59. The minimum absolute atomic E-state index is 0.102. The van der Waals surface area contributed by atoms with Crippen LogP contribution in [0.5, 0.6) is 0 Å². The quantitative estimate of drug-likeness (QED) is 0.844. The maximum absolute atomic E-state index is 9.59. The minimum atomic E-state index is -0.102. The summed E-state index contributed by atoms with van der Waals surface area (Å²) in [5, 5.41) is 14.3. The number of benzene rings is 1. The Morgan fingerprint density at radius 3 is 2.68 bits per heavy atom. The molecule has 1 aromatic heterocycles. The molecule has 5 nitrogen and oxygen atoms in total. The first kappa shape index (κ1) is 16.8. The summed E-state index contributed by atoms with van der Waals surface area (Å²) >= 11 is 0. The third-order valence-electron chi connectivity index (χ3n) is 5.40. The van der Waals surface area contributed by atoms with Gasteiger partial charge in [0.2, 0.25) is 0 Å². The number of hydrogen-bond acceptors (Lipinski definition) is 5. The number of para-hydroxylation sites is 1. The predicted octanol–water partition coefficient (Wildman–Crippen LogP) is 2.32. The molecule has 0 atom stereocenters. The number of ether oxygens (including phenoxy) is 1. The molecule has 0 spiro atoms. The standard InChI is InChI=1S/C20H27N3O2/c24-13-20(14-25-15-20)12-21-11-17-10-16-6-2-3-7-18(16)22-19(17)23-8-4-1-5-9-23/h2-3,6-7,10,21,24H,1,4-5,8-9,11-15H2. The van der Waals surface area contributed by atoms with Crippen LogP contribution in [0, 0.1) is 5.41 Å². The third kappa shape index (κ3) is 3.50. The molecule has 0 amide bonds. The Bertz CT molecular complexity index is 718. The number of aliphatic hydroxyl groups is 1. The zero-order chi connectivity index (χ0) is 17.1. The zero-order valence-electron chi connectivity index (χ0n) is 14.7. The highest BCUT2D eigenvalue weighted by Gasteiger charge is 2.37. The van der Waals surface area contributed by atoms with Gasteiger partial charge in [-0.3, -0.25) is 0 Å². The van der Waals surface area contributed by atoms with Crippen molar-refractivity contribution in [2.24, 2.45) is 5.41 Å². The number of hydrogen-bond donors (Lipinski definition) is 2. The lowest BCUT2D eigenvalue weighted by molar-refractivity contribution is -0.134. The molecule has 2 N–H and O–H groups in total. The molecule has 0 aliphatic carbocycles. The van der Waals surface area contributed by atoms with Gasteiger partial charge in [-0.25, -0.2) is 4.98 Å². The molecule has 3 heterocycles. The first-order chi connectivity index (χ1) is 12.3. The van der Waals surface area contributed by atoms with Crippen LogP contribution in [0.4, 0.5) is 5.82 Å². The van der Waals surface area contributed by atoms with Gasteiger partial charge in [0, 0.05) is 37.1 Å². The topological polar surface area (TPSA) is 57.6 Å². The van der Waals surface area contributed by atoms with Gasteiger partial charge in [-0.2, -0.15) is 0 Å². The molecule has 0 saturated carbocycles. The van der Waals surface area contributed by atoms with Crippen molar-refractivity contribution in [3.8, 4) is 0 Å². The van der Waals surface area contributed by atoms with Crippen molar-refractivity contribution in [3.05, 3.63) is 35.9 Å². The Hall–Kier alpha value is -1.69. The largest absolute Gasteiger partial charge is 0.396 e. The van der Waals surface area contributed by atoms with Crippen molar-refractivity contribution >= 4 is 16.7 Å². The molecule has 25 heavy (non-hydrogen) atoms. The van der Waals surface area contributed by atoms with Gasteiger partial charge in [0.1, 0.15) is 5.82 Å². The molecule has 2 aliphatic rings. The van der Waals surface area contributed by atoms with E-state index < -0.39 is 0 Å². The van der Waals surface area contributed by atoms with E-state index in [2.05, 4.69) is 40.5 Å². The van der Waals surface area contributed by atoms with Crippen molar-refractivity contribution in [2.75, 3.05) is 44.4 Å². The van der Waals surface area contributed by atoms with Crippen LogP contribution in [-0.2, 0) is 11.3 Å². The van der Waals surface area contributed by atoms with Gasteiger partial charge in [-0.05, 0) is 31.4 Å². The molecule has 1 aromatic carbocycles. The van der Waals surface area contributed by atoms with Crippen LogP contribution >= 0.6 is 0 Å². The average Bonchev–Trinajstić information content (AvgIpc) is 2.64. The van der Waals surface area contributed by atoms with E-state index in [1.807, 2.05) is 0 Å². The van der Waals surface area contributed by atoms with Gasteiger partial charge < -0.3 is 20.1 Å². The Labute approximate surface area is 149 Å². The van der Waals surface area contributed by atoms with E-state index in [4.69, 9.17) is 9.72 Å². The van der Waals surface area contributed by atoms with Gasteiger partial charge >= 0.3 is 0 Å². The fourth-order valence-corrected chi connectivity index (χ4v) is 3.76. The Balaban J connectivity index is 1.56. The summed E-state index contributed by atoms with van der Waals surface area (Å²) in [4.78, 5) is 7.41. The lowest BCUT2D eigenvalue weighted by Gasteiger charge is -2.40. The smallest absolute Gasteiger partial charge is 0.133 e. The number of piperidine rings is 1. The van der Waals surface area contributed by atoms with Gasteiger partial charge in [-0.1, -0.05) is 18.2 Å². The van der Waals surface area contributed by atoms with Gasteiger partial charge in [0.05, 0.1) is 30.8 Å². The van der Waals surface area contributed by atoms with E-state index in [-0.39, 0.29) is 12.0 Å². The normalized spacial score (nSPS) is 19.8. The number of nitrogens with one attached hydrogen (secondary N) is 1. The Morgan fingerprint density at radius 1 is 1.16 bits per heavy atom. The number of fused-ring (bicyclic) bond motifs is 1. The van der Waals surface area contributed by atoms with Crippen LogP contribution < -0.4 is 10.2 Å². The number of anilines is 1. The average molecular weight is 341 g/mol. The number of aromatic nitrogens is 1. The van der Waals surface area contributed by atoms with Crippen LogP contribution in [0.1, 0.15) is 24.8 Å². The molecule has 2 fully saturated rings. The van der Waals surface area contributed by atoms with Crippen LogP contribution in [0.3, 0.4) is 0 Å². The monoisotopic (exact) mass is 341 g/mol. The first-order valence-corrected chi connectivity index (χ1v) is 9.33. The fourth-order valence-electron chi connectivity index (χ4n) is 3.76. The summed E-state index contributed by atoms with van der Waals surface area (Å²) in [6, 6.07) is 10.6. The summed E-state index contributed by atoms with van der Waals surface area (Å²) in [6.07, 6.45) is 3.80. The molecule has 2 aliphatic heterocycles. The second-order valence-electron chi connectivity index (χ2n) is 7.47. The maximum Gasteiger partial charge on any atom is 0.133 e. The van der Waals surface area contributed by atoms with E-state index >= 15 is 0 Å². The third-order valence-corrected chi connectivity index (χ3v) is 5.40. The van der Waals surface area contributed by atoms with Crippen molar-refractivity contribution < 1.29 is 9.84 Å². The molecule has 134 valence electrons. The van der Waals surface area contributed by atoms with Crippen LogP contribution in [0.15, 0.2) is 30.3 Å². The van der Waals surface area contributed by atoms with Gasteiger partial charge in [0.15, 0.2) is 0 Å². The minimum Gasteiger partial charge on any atom is -0.396 e. The number of aliphatic hydroxyl groups excluding tert-OH is 1. The van der Waals surface area contributed by atoms with E-state index in [0.29, 0.717) is 13.2 Å². The lowest BCUT2D eigenvalue weighted by atomic mass is 9.87. The van der Waals surface area contributed by atoms with Crippen molar-refractivity contribution in [2.45, 2.75) is 25.8 Å². The molecule has 5 heteroatoms. The van der Waals surface area contributed by atoms with E-state index in [1.54, 1.807) is 0 Å². The lowest BCUT2D eigenvalue weighted by Crippen LogP contribution is -2.52. The molecular formula is C20H27N3O2. The Morgan fingerprint density at radius 2 is 1.96 bits per heavy atom. The zero-order valence-corrected chi connectivity index (χ0v) is 14.7. The molecule has 0 unspecified atom stereocenters. The summed E-state index contributed by atoms with van der Waals surface area (Å²) in [5.74, 6) is 1.12. The first-order valence-electron chi connectivity index (χ1n) is 9.33. The van der Waals surface area contributed by atoms with Crippen molar-refractivity contribution in [1.82, 2.24) is 10.3 Å². The fraction of sp³-hybridized carbons (Fsp3) is 0.550. The van der Waals surface area contributed by atoms with Crippen molar-refractivity contribution in [1.29, 1.82) is 0 Å². The number of pyridine rings is 1. The Kier molecular flexibility index (Phi) is 4.88. The van der Waals surface area contributed by atoms with Crippen LogP contribution in [0.2, 0.25) is 0 Å². The summed E-state index contributed by atoms with van der Waals surface area (Å²) in [7, 11) is 0. The number of nitrogens with zero attached hydrogens (tertiary/aromatic N) is 2. The van der Waals surface area contributed by atoms with Crippen LogP contribution in [-0.4, -0.2) is 49.5 Å². The second kappa shape index (κ2) is 7.28. The summed E-state index contributed by atoms with van der Waals surface area (Å²) in [6.45, 7) is 5.19. The van der Waals surface area contributed by atoms with Crippen LogP contribution in [0.25, 0.3) is 10.9 Å². The molecule has 0 radical (unpaired) electrons. The molecular weight excluding hydrogens is 314 g/mol. The van der Waals surface area contributed by atoms with Gasteiger partial charge in [0.25, 0.3) is 0 Å². The highest BCUT2D eigenvalue weighted by molar-refractivity contribution is 5.81. The summed E-state index contributed by atoms with van der Waals surface area (Å²) in [5.41, 5.74) is 2.20. The predicted molar refractivity (Wildman–Crippen MR) is 99.9 cm³/mol. The molecule has 2 aromatic rings. The SMILES string of the molecule is OCC1(CNCc2cc3ccccc3nc2N2CCCCC2)COC1. The molecule has 2 saturated heterocycles. The highest BCUT2D eigenvalue weighted by Crippen LogP contribution is 2.28. The highest BCUT2D eigenvalue weighted by atomic mass is 16.5. The number of rotatable bonds is 6. The van der Waals surface area contributed by atoms with Gasteiger partial charge in [-0.15, -0.1) is 0 Å². The second-order valence-corrected chi connectivity index (χ2v) is 7.47. The molecule has 0 bridgehead atoms. The van der Waals surface area contributed by atoms with E-state index in [9.17, 15) is 5.11 Å². The summed E-state index contributed by atoms with van der Waals surface area (Å²) < 4.78 is 5.29. The van der Waals surface area contributed by atoms with E-state index in [0.717, 1.165) is 37.5 Å².